The Balaban J connectivity index is 2.38. The van der Waals surface area contributed by atoms with Crippen LogP contribution in [-0.2, 0) is 9.53 Å². The summed E-state index contributed by atoms with van der Waals surface area (Å²) in [6.07, 6.45) is 4.35. The van der Waals surface area contributed by atoms with Gasteiger partial charge in [-0.05, 0) is 25.0 Å². The van der Waals surface area contributed by atoms with Crippen LogP contribution in [0.3, 0.4) is 0 Å². The largest absolute Gasteiger partial charge is 0.468 e. The van der Waals surface area contributed by atoms with Crippen molar-refractivity contribution in [3.63, 3.8) is 0 Å². The molecule has 10 heavy (non-hydrogen) atoms. The summed E-state index contributed by atoms with van der Waals surface area (Å²) in [5.74, 6) is 0.539. The van der Waals surface area contributed by atoms with Crippen molar-refractivity contribution in [1.82, 2.24) is 0 Å². The molecule has 1 rings (SSSR count). The quantitative estimate of drug-likeness (QED) is 0.582. The van der Waals surface area contributed by atoms with Gasteiger partial charge in [0.25, 0.3) is 0 Å². The number of carbonyl (C=O) groups is 1. The summed E-state index contributed by atoms with van der Waals surface area (Å²) in [5.41, 5.74) is 0. The number of methoxy groups -OCH3 is 1. The number of carbonyl (C=O) groups excluding carboxylic acids is 1. The lowest BCUT2D eigenvalue weighted by atomic mass is 10.3. The minimum Gasteiger partial charge on any atom is -0.468 e. The summed E-state index contributed by atoms with van der Waals surface area (Å²) >= 11 is 1.60. The number of ether oxygens (including phenoxy) is 1. The van der Waals surface area contributed by atoms with Gasteiger partial charge < -0.3 is 4.74 Å². The molecule has 0 aromatic carbocycles. The van der Waals surface area contributed by atoms with Crippen molar-refractivity contribution in [2.75, 3.05) is 13.4 Å². The Labute approximate surface area is 65.3 Å². The second kappa shape index (κ2) is 3.28. The molecule has 0 bridgehead atoms. The van der Waals surface area contributed by atoms with E-state index in [1.165, 1.54) is 20.0 Å². The van der Waals surface area contributed by atoms with Crippen LogP contribution in [-0.4, -0.2) is 24.6 Å². The number of rotatable bonds is 3. The molecule has 0 amide bonds. The average Bonchev–Trinajstić information content (AvgIpc) is 2.73. The third-order valence-electron chi connectivity index (χ3n) is 1.74. The second-order valence-corrected chi connectivity index (χ2v) is 3.50. The molecule has 0 aliphatic heterocycles. The molecular formula is C7H12O2S. The van der Waals surface area contributed by atoms with Crippen LogP contribution < -0.4 is 0 Å². The van der Waals surface area contributed by atoms with Gasteiger partial charge in [-0.1, -0.05) is 0 Å². The van der Waals surface area contributed by atoms with Crippen LogP contribution in [0.5, 0.6) is 0 Å². The van der Waals surface area contributed by atoms with Crippen molar-refractivity contribution >= 4 is 17.7 Å². The molecule has 0 spiro atoms. The van der Waals surface area contributed by atoms with Gasteiger partial charge in [-0.15, -0.1) is 11.8 Å². The topological polar surface area (TPSA) is 26.3 Å². The van der Waals surface area contributed by atoms with Crippen LogP contribution in [0.2, 0.25) is 0 Å². The standard InChI is InChI=1S/C7H12O2S/c1-9-7(8)6(10-2)5-3-4-5/h5-6H,3-4H2,1-2H3. The third-order valence-corrected chi connectivity index (χ3v) is 2.82. The van der Waals surface area contributed by atoms with Crippen LogP contribution >= 0.6 is 11.8 Å². The van der Waals surface area contributed by atoms with E-state index in [2.05, 4.69) is 4.74 Å². The van der Waals surface area contributed by atoms with Gasteiger partial charge in [0.05, 0.1) is 7.11 Å². The zero-order chi connectivity index (χ0) is 7.56. The second-order valence-electron chi connectivity index (χ2n) is 2.52. The van der Waals surface area contributed by atoms with Gasteiger partial charge in [-0.25, -0.2) is 0 Å². The van der Waals surface area contributed by atoms with Crippen molar-refractivity contribution in [3.8, 4) is 0 Å². The van der Waals surface area contributed by atoms with Gasteiger partial charge in [0.15, 0.2) is 0 Å². The minimum atomic E-state index is -0.0602. The molecule has 1 fully saturated rings. The molecule has 0 N–H and O–H groups in total. The molecule has 3 heteroatoms. The van der Waals surface area contributed by atoms with Gasteiger partial charge in [0.2, 0.25) is 0 Å². The molecule has 2 nitrogen and oxygen atoms in total. The Kier molecular flexibility index (Phi) is 2.60. The van der Waals surface area contributed by atoms with E-state index in [1.807, 2.05) is 6.26 Å². The van der Waals surface area contributed by atoms with Crippen molar-refractivity contribution in [2.24, 2.45) is 5.92 Å². The summed E-state index contributed by atoms with van der Waals surface area (Å²) < 4.78 is 4.64. The van der Waals surface area contributed by atoms with Crippen LogP contribution in [0, 0.1) is 5.92 Å². The van der Waals surface area contributed by atoms with Crippen LogP contribution in [0.25, 0.3) is 0 Å². The fourth-order valence-electron chi connectivity index (χ4n) is 0.996. The number of hydrogen-bond donors (Lipinski definition) is 0. The van der Waals surface area contributed by atoms with E-state index in [-0.39, 0.29) is 11.2 Å². The van der Waals surface area contributed by atoms with Crippen molar-refractivity contribution in [3.05, 3.63) is 0 Å². The molecule has 1 saturated carbocycles. The maximum absolute atomic E-state index is 11.0. The molecule has 0 radical (unpaired) electrons. The Morgan fingerprint density at radius 1 is 1.70 bits per heavy atom. The average molecular weight is 160 g/mol. The molecule has 58 valence electrons. The first-order chi connectivity index (χ1) is 4.79. The van der Waals surface area contributed by atoms with E-state index in [9.17, 15) is 4.79 Å². The first-order valence-electron chi connectivity index (χ1n) is 3.40. The van der Waals surface area contributed by atoms with Crippen molar-refractivity contribution in [2.45, 2.75) is 18.1 Å². The molecule has 0 heterocycles. The molecule has 1 aliphatic rings. The molecule has 0 saturated heterocycles. The Morgan fingerprint density at radius 2 is 2.30 bits per heavy atom. The van der Waals surface area contributed by atoms with E-state index in [0.29, 0.717) is 5.92 Å². The van der Waals surface area contributed by atoms with Gasteiger partial charge in [0, 0.05) is 0 Å². The predicted molar refractivity (Wildman–Crippen MR) is 42.0 cm³/mol. The molecular weight excluding hydrogens is 148 g/mol. The van der Waals surface area contributed by atoms with E-state index in [1.54, 1.807) is 11.8 Å². The molecule has 0 aromatic heterocycles. The van der Waals surface area contributed by atoms with Gasteiger partial charge in [-0.2, -0.15) is 0 Å². The highest BCUT2D eigenvalue weighted by Crippen LogP contribution is 2.38. The smallest absolute Gasteiger partial charge is 0.319 e. The highest BCUT2D eigenvalue weighted by molar-refractivity contribution is 7.99. The zero-order valence-corrected chi connectivity index (χ0v) is 7.11. The normalized spacial score (nSPS) is 20.2. The SMILES string of the molecule is COC(=O)C(SC)C1CC1. The number of esters is 1. The molecule has 1 atom stereocenters. The van der Waals surface area contributed by atoms with Crippen molar-refractivity contribution < 1.29 is 9.53 Å². The summed E-state index contributed by atoms with van der Waals surface area (Å²) in [7, 11) is 1.45. The molecule has 1 unspecified atom stereocenters. The highest BCUT2D eigenvalue weighted by Gasteiger charge is 2.36. The van der Waals surface area contributed by atoms with Crippen molar-refractivity contribution in [1.29, 1.82) is 0 Å². The summed E-state index contributed by atoms with van der Waals surface area (Å²) in [6, 6.07) is 0. The molecule has 1 aliphatic carbocycles. The Bertz CT molecular complexity index is 132. The zero-order valence-electron chi connectivity index (χ0n) is 6.29. The van der Waals surface area contributed by atoms with E-state index < -0.39 is 0 Å². The number of hydrogen-bond acceptors (Lipinski definition) is 3. The van der Waals surface area contributed by atoms with Gasteiger partial charge >= 0.3 is 5.97 Å². The summed E-state index contributed by atoms with van der Waals surface area (Å²) in [4.78, 5) is 11.0. The van der Waals surface area contributed by atoms with E-state index in [0.717, 1.165) is 0 Å². The summed E-state index contributed by atoms with van der Waals surface area (Å²) in [5, 5.41) is 0.102. The van der Waals surface area contributed by atoms with Crippen LogP contribution in [0.15, 0.2) is 0 Å². The monoisotopic (exact) mass is 160 g/mol. The van der Waals surface area contributed by atoms with E-state index >= 15 is 0 Å². The lowest BCUT2D eigenvalue weighted by Gasteiger charge is -2.08. The number of thioether (sulfide) groups is 1. The lowest BCUT2D eigenvalue weighted by Crippen LogP contribution is -2.20. The first-order valence-corrected chi connectivity index (χ1v) is 4.69. The van der Waals surface area contributed by atoms with Crippen LogP contribution in [0.4, 0.5) is 0 Å². The third kappa shape index (κ3) is 1.66. The highest BCUT2D eigenvalue weighted by atomic mass is 32.2. The summed E-state index contributed by atoms with van der Waals surface area (Å²) in [6.45, 7) is 0. The predicted octanol–water partition coefficient (Wildman–Crippen LogP) is 1.30. The fraction of sp³-hybridized carbons (Fsp3) is 0.857. The maximum Gasteiger partial charge on any atom is 0.319 e. The fourth-order valence-corrected chi connectivity index (χ4v) is 1.94. The Hall–Kier alpha value is -0.180. The first kappa shape index (κ1) is 7.92. The van der Waals surface area contributed by atoms with E-state index in [4.69, 9.17) is 0 Å². The lowest BCUT2D eigenvalue weighted by molar-refractivity contribution is -0.140. The van der Waals surface area contributed by atoms with Crippen LogP contribution in [0.1, 0.15) is 12.8 Å². The minimum absolute atomic E-state index is 0.0602. The van der Waals surface area contributed by atoms with Gasteiger partial charge in [0.1, 0.15) is 5.25 Å². The Morgan fingerprint density at radius 3 is 2.60 bits per heavy atom. The maximum atomic E-state index is 11.0. The van der Waals surface area contributed by atoms with Gasteiger partial charge in [-0.3, -0.25) is 4.79 Å². The molecule has 0 aromatic rings.